The van der Waals surface area contributed by atoms with Gasteiger partial charge in [0.05, 0.1) is 35.2 Å². The van der Waals surface area contributed by atoms with Crippen LogP contribution in [0.15, 0.2) is 60.1 Å². The fourth-order valence-corrected chi connectivity index (χ4v) is 8.24. The maximum atomic E-state index is 14.0. The predicted octanol–water partition coefficient (Wildman–Crippen LogP) is 4.22. The normalized spacial score (nSPS) is 20.8. The van der Waals surface area contributed by atoms with Crippen LogP contribution in [0.3, 0.4) is 0 Å². The third-order valence-electron chi connectivity index (χ3n) is 9.90. The molecule has 49 heavy (non-hydrogen) atoms. The zero-order chi connectivity index (χ0) is 33.7. The number of nitrogens with zero attached hydrogens (tertiary/aromatic N) is 9. The number of hydrogen-bond donors (Lipinski definition) is 0. The van der Waals surface area contributed by atoms with Crippen LogP contribution in [-0.4, -0.2) is 97.4 Å². The summed E-state index contributed by atoms with van der Waals surface area (Å²) in [6.07, 6.45) is 9.79. The van der Waals surface area contributed by atoms with Crippen LogP contribution in [0, 0.1) is 5.41 Å². The summed E-state index contributed by atoms with van der Waals surface area (Å²) in [5.74, 6) is 1.53. The van der Waals surface area contributed by atoms with Gasteiger partial charge in [-0.25, -0.2) is 15.0 Å². The van der Waals surface area contributed by atoms with E-state index < -0.39 is 5.41 Å². The van der Waals surface area contributed by atoms with Crippen molar-refractivity contribution in [2.24, 2.45) is 17.5 Å². The highest BCUT2D eigenvalue weighted by Gasteiger charge is 2.51. The van der Waals surface area contributed by atoms with Gasteiger partial charge in [0.25, 0.3) is 0 Å². The minimum atomic E-state index is -0.452. The first-order valence-electron chi connectivity index (χ1n) is 16.9. The smallest absolute Gasteiger partial charge is 0.237 e. The highest BCUT2D eigenvalue weighted by atomic mass is 32.1. The molecule has 2 amide bonds. The highest BCUT2D eigenvalue weighted by molar-refractivity contribution is 7.16. The summed E-state index contributed by atoms with van der Waals surface area (Å²) in [5.41, 5.74) is 5.62. The second kappa shape index (κ2) is 12.6. The lowest BCUT2D eigenvalue weighted by molar-refractivity contribution is -0.132. The molecule has 1 spiro atoms. The monoisotopic (exact) mass is 677 g/mol. The summed E-state index contributed by atoms with van der Waals surface area (Å²) in [7, 11) is 1.85. The van der Waals surface area contributed by atoms with E-state index in [1.54, 1.807) is 28.5 Å². The van der Waals surface area contributed by atoms with Gasteiger partial charge in [-0.15, -0.1) is 11.3 Å². The summed E-state index contributed by atoms with van der Waals surface area (Å²) in [5, 5.41) is 5.33. The molecule has 1 aromatic carbocycles. The van der Waals surface area contributed by atoms with Crippen LogP contribution >= 0.6 is 11.3 Å². The summed E-state index contributed by atoms with van der Waals surface area (Å²) in [6, 6.07) is 10.1. The number of thiazole rings is 1. The van der Waals surface area contributed by atoms with E-state index in [1.165, 1.54) is 0 Å². The second-order valence-electron chi connectivity index (χ2n) is 13.6. The summed E-state index contributed by atoms with van der Waals surface area (Å²) in [6.45, 7) is 8.14. The molecular formula is C36H39N9O3S. The number of likely N-dealkylation sites (tertiary alicyclic amines) is 1. The van der Waals surface area contributed by atoms with E-state index in [0.29, 0.717) is 51.0 Å². The van der Waals surface area contributed by atoms with Gasteiger partial charge in [0.1, 0.15) is 11.3 Å². The molecule has 0 radical (unpaired) electrons. The van der Waals surface area contributed by atoms with Crippen molar-refractivity contribution in [3.63, 3.8) is 0 Å². The zero-order valence-electron chi connectivity index (χ0n) is 28.0. The predicted molar refractivity (Wildman–Crippen MR) is 188 cm³/mol. The Balaban J connectivity index is 0.883. The first kappa shape index (κ1) is 31.5. The third kappa shape index (κ3) is 6.05. The fraction of sp³-hybridized carbons (Fsp3) is 0.417. The molecule has 4 aromatic rings. The van der Waals surface area contributed by atoms with Gasteiger partial charge in [-0.2, -0.15) is 5.10 Å². The molecule has 8 rings (SSSR count). The molecule has 2 fully saturated rings. The minimum Gasteiger partial charge on any atom is -0.475 e. The molecule has 0 unspecified atom stereocenters. The Kier molecular flexibility index (Phi) is 8.11. The molecular weight excluding hydrogens is 639 g/mol. The number of hydrogen-bond acceptors (Lipinski definition) is 10. The van der Waals surface area contributed by atoms with Crippen LogP contribution < -0.4 is 9.64 Å². The number of benzene rings is 1. The number of carbonyl (C=O) groups excluding carboxylic acids is 2. The van der Waals surface area contributed by atoms with E-state index in [-0.39, 0.29) is 17.9 Å². The Hall–Kier alpha value is -4.75. The average molecular weight is 678 g/mol. The maximum Gasteiger partial charge on any atom is 0.237 e. The van der Waals surface area contributed by atoms with Gasteiger partial charge < -0.3 is 14.5 Å². The number of pyridine rings is 1. The topological polar surface area (TPSA) is 122 Å². The number of aromatic nitrogens is 5. The number of ether oxygens (including phenoxy) is 1. The van der Waals surface area contributed by atoms with Crippen LogP contribution in [0.5, 0.6) is 5.88 Å². The van der Waals surface area contributed by atoms with Crippen molar-refractivity contribution in [3.05, 3.63) is 76.8 Å². The molecule has 4 aliphatic heterocycles. The molecule has 0 aliphatic carbocycles. The molecule has 13 heteroatoms. The van der Waals surface area contributed by atoms with Gasteiger partial charge in [0, 0.05) is 68.5 Å². The third-order valence-corrected chi connectivity index (χ3v) is 11.0. The lowest BCUT2D eigenvalue weighted by Crippen LogP contribution is -2.43. The average Bonchev–Trinajstić information content (AvgIpc) is 3.94. The van der Waals surface area contributed by atoms with Crippen molar-refractivity contribution in [2.75, 3.05) is 44.2 Å². The van der Waals surface area contributed by atoms with E-state index >= 15 is 0 Å². The SMILES string of the molecule is CC(C)Oc1ccc(C2=NCc3ccc(N4CC[C@]5(CCN(CC(=O)N6CC=C(c7ncc(-c8ncn(C)n8)s7)CC6)C5)C4=O)cc32)cn1. The van der Waals surface area contributed by atoms with Crippen molar-refractivity contribution in [3.8, 4) is 16.6 Å². The van der Waals surface area contributed by atoms with Gasteiger partial charge in [0.2, 0.25) is 17.7 Å². The molecule has 2 saturated heterocycles. The lowest BCUT2D eigenvalue weighted by Gasteiger charge is -2.28. The molecule has 0 saturated carbocycles. The number of amides is 2. The molecule has 0 bridgehead atoms. The van der Waals surface area contributed by atoms with E-state index in [1.807, 2.05) is 55.1 Å². The van der Waals surface area contributed by atoms with Crippen LogP contribution in [0.25, 0.3) is 16.3 Å². The van der Waals surface area contributed by atoms with Crippen molar-refractivity contribution in [2.45, 2.75) is 45.8 Å². The van der Waals surface area contributed by atoms with Gasteiger partial charge >= 0.3 is 0 Å². The Morgan fingerprint density at radius 1 is 1.06 bits per heavy atom. The van der Waals surface area contributed by atoms with Crippen molar-refractivity contribution in [1.82, 2.24) is 34.5 Å². The summed E-state index contributed by atoms with van der Waals surface area (Å²) >= 11 is 1.58. The van der Waals surface area contributed by atoms with E-state index in [2.05, 4.69) is 43.2 Å². The molecule has 7 heterocycles. The van der Waals surface area contributed by atoms with Gasteiger partial charge in [0.15, 0.2) is 5.82 Å². The Morgan fingerprint density at radius 3 is 2.69 bits per heavy atom. The Bertz CT molecular complexity index is 1980. The van der Waals surface area contributed by atoms with Gasteiger partial charge in [-0.05, 0) is 69.0 Å². The lowest BCUT2D eigenvalue weighted by atomic mass is 9.85. The van der Waals surface area contributed by atoms with Gasteiger partial charge in [-0.3, -0.25) is 24.2 Å². The van der Waals surface area contributed by atoms with Crippen molar-refractivity contribution >= 4 is 40.1 Å². The zero-order valence-corrected chi connectivity index (χ0v) is 28.8. The molecule has 3 aromatic heterocycles. The number of fused-ring (bicyclic) bond motifs is 1. The number of rotatable bonds is 8. The largest absolute Gasteiger partial charge is 0.475 e. The Labute approximate surface area is 289 Å². The second-order valence-corrected chi connectivity index (χ2v) is 14.6. The highest BCUT2D eigenvalue weighted by Crippen LogP contribution is 2.43. The fourth-order valence-electron chi connectivity index (χ4n) is 7.32. The molecule has 12 nitrogen and oxygen atoms in total. The minimum absolute atomic E-state index is 0.0567. The molecule has 4 aliphatic rings. The van der Waals surface area contributed by atoms with Crippen LogP contribution in [-0.2, 0) is 23.2 Å². The van der Waals surface area contributed by atoms with Crippen LogP contribution in [0.1, 0.15) is 54.8 Å². The van der Waals surface area contributed by atoms with Crippen molar-refractivity contribution in [1.29, 1.82) is 0 Å². The van der Waals surface area contributed by atoms with E-state index in [0.717, 1.165) is 69.4 Å². The molecule has 0 N–H and O–H groups in total. The quantitative estimate of drug-likeness (QED) is 0.272. The number of aliphatic imine (C=N–C) groups is 1. The number of carbonyl (C=O) groups is 2. The summed E-state index contributed by atoms with van der Waals surface area (Å²) in [4.78, 5) is 52.6. The van der Waals surface area contributed by atoms with Crippen molar-refractivity contribution < 1.29 is 14.3 Å². The van der Waals surface area contributed by atoms with E-state index in [4.69, 9.17) is 9.73 Å². The molecule has 1 atom stereocenters. The summed E-state index contributed by atoms with van der Waals surface area (Å²) < 4.78 is 7.39. The first-order chi connectivity index (χ1) is 23.7. The van der Waals surface area contributed by atoms with Crippen LogP contribution in [0.4, 0.5) is 5.69 Å². The van der Waals surface area contributed by atoms with Crippen LogP contribution in [0.2, 0.25) is 0 Å². The first-order valence-corrected chi connectivity index (χ1v) is 17.7. The van der Waals surface area contributed by atoms with Gasteiger partial charge in [-0.1, -0.05) is 12.1 Å². The number of anilines is 1. The Morgan fingerprint density at radius 2 is 1.94 bits per heavy atom. The van der Waals surface area contributed by atoms with E-state index in [9.17, 15) is 9.59 Å². The maximum absolute atomic E-state index is 14.0. The number of aryl methyl sites for hydroxylation is 1. The standard InChI is InChI=1S/C36H39N9O3S/c1-23(2)48-30-7-5-26(18-37-30)32-28-16-27(6-4-25(28)17-38-32)45-15-11-36(35(45)47)10-14-43(21-36)20-31(46)44-12-8-24(9-13-44)34-39-19-29(49-34)33-40-22-42(3)41-33/h4-8,16,18-19,22-23H,9-15,17,20-21H2,1-3H3/t36-/m0/s1. The molecule has 252 valence electrons.